The summed E-state index contributed by atoms with van der Waals surface area (Å²) >= 11 is 0. The van der Waals surface area contributed by atoms with Crippen LogP contribution in [0.5, 0.6) is 0 Å². The number of benzene rings is 2. The molecule has 0 fully saturated rings. The minimum Gasteiger partial charge on any atom is -0.320 e. The highest BCUT2D eigenvalue weighted by molar-refractivity contribution is 6.53. The summed E-state index contributed by atoms with van der Waals surface area (Å²) in [4.78, 5) is 11.8. The van der Waals surface area contributed by atoms with Crippen LogP contribution in [0.3, 0.4) is 0 Å². The van der Waals surface area contributed by atoms with Crippen LogP contribution in [0.1, 0.15) is 16.7 Å². The van der Waals surface area contributed by atoms with Gasteiger partial charge in [-0.25, -0.2) is 0 Å². The normalized spacial score (nSPS) is 15.7. The minimum atomic E-state index is -0.216. The molecule has 4 heteroatoms. The topological polar surface area (TPSA) is 53.8 Å². The number of anilines is 1. The van der Waals surface area contributed by atoms with E-state index in [1.54, 1.807) is 6.21 Å². The van der Waals surface area contributed by atoms with Crippen LogP contribution >= 0.6 is 0 Å². The zero-order valence-electron chi connectivity index (χ0n) is 11.0. The molecule has 1 aliphatic rings. The van der Waals surface area contributed by atoms with Crippen molar-refractivity contribution < 1.29 is 4.79 Å². The standard InChI is InChI=1S/C16H13N3O/c1-11-6-8-12(9-7-11)10-17-19-15-13-4-2-3-5-14(13)18-16(15)20/h2-10H,1H3,(H,18,19,20)/b17-10+. The monoisotopic (exact) mass is 263 g/mol. The Labute approximate surface area is 116 Å². The molecule has 0 radical (unpaired) electrons. The molecule has 0 unspecified atom stereocenters. The summed E-state index contributed by atoms with van der Waals surface area (Å²) in [6.07, 6.45) is 1.64. The molecule has 0 atom stereocenters. The van der Waals surface area contributed by atoms with E-state index in [0.717, 1.165) is 16.8 Å². The second-order valence-corrected chi connectivity index (χ2v) is 4.60. The van der Waals surface area contributed by atoms with Crippen molar-refractivity contribution in [1.29, 1.82) is 0 Å². The van der Waals surface area contributed by atoms with Crippen molar-refractivity contribution in [1.82, 2.24) is 0 Å². The molecule has 20 heavy (non-hydrogen) atoms. The van der Waals surface area contributed by atoms with Crippen LogP contribution < -0.4 is 5.32 Å². The number of rotatable bonds is 2. The fourth-order valence-electron chi connectivity index (χ4n) is 2.01. The molecule has 0 saturated heterocycles. The number of carbonyl (C=O) groups excluding carboxylic acids is 1. The minimum absolute atomic E-state index is 0.216. The Morgan fingerprint density at radius 2 is 1.80 bits per heavy atom. The predicted molar refractivity (Wildman–Crippen MR) is 80.4 cm³/mol. The Morgan fingerprint density at radius 3 is 2.60 bits per heavy atom. The largest absolute Gasteiger partial charge is 0.320 e. The van der Waals surface area contributed by atoms with Crippen molar-refractivity contribution in [3.63, 3.8) is 0 Å². The summed E-state index contributed by atoms with van der Waals surface area (Å²) in [6, 6.07) is 15.4. The molecule has 0 bridgehead atoms. The molecular weight excluding hydrogens is 250 g/mol. The Bertz CT molecular complexity index is 715. The lowest BCUT2D eigenvalue weighted by Gasteiger charge is -1.94. The molecule has 0 aromatic heterocycles. The van der Waals surface area contributed by atoms with E-state index in [9.17, 15) is 4.79 Å². The molecule has 0 saturated carbocycles. The third-order valence-electron chi connectivity index (χ3n) is 3.09. The van der Waals surface area contributed by atoms with Crippen LogP contribution in [0.4, 0.5) is 5.69 Å². The van der Waals surface area contributed by atoms with Crippen molar-refractivity contribution in [3.8, 4) is 0 Å². The van der Waals surface area contributed by atoms with Gasteiger partial charge in [0, 0.05) is 5.56 Å². The van der Waals surface area contributed by atoms with E-state index in [-0.39, 0.29) is 5.91 Å². The summed E-state index contributed by atoms with van der Waals surface area (Å²) in [7, 11) is 0. The highest BCUT2D eigenvalue weighted by atomic mass is 16.2. The van der Waals surface area contributed by atoms with Gasteiger partial charge in [0.1, 0.15) is 0 Å². The third kappa shape index (κ3) is 2.36. The number of carbonyl (C=O) groups is 1. The molecule has 0 aliphatic carbocycles. The molecule has 1 N–H and O–H groups in total. The summed E-state index contributed by atoms with van der Waals surface area (Å²) in [5, 5.41) is 10.8. The van der Waals surface area contributed by atoms with E-state index < -0.39 is 0 Å². The molecule has 1 aliphatic heterocycles. The Hall–Kier alpha value is -2.75. The van der Waals surface area contributed by atoms with E-state index >= 15 is 0 Å². The quantitative estimate of drug-likeness (QED) is 0.657. The van der Waals surface area contributed by atoms with Crippen molar-refractivity contribution in [2.45, 2.75) is 6.92 Å². The Balaban J connectivity index is 1.86. The zero-order valence-corrected chi connectivity index (χ0v) is 11.0. The molecule has 98 valence electrons. The highest BCUT2D eigenvalue weighted by Gasteiger charge is 2.25. The summed E-state index contributed by atoms with van der Waals surface area (Å²) in [6.45, 7) is 2.03. The molecule has 1 heterocycles. The fraction of sp³-hybridized carbons (Fsp3) is 0.0625. The van der Waals surface area contributed by atoms with Crippen LogP contribution in [0, 0.1) is 6.92 Å². The van der Waals surface area contributed by atoms with Gasteiger partial charge >= 0.3 is 0 Å². The van der Waals surface area contributed by atoms with Gasteiger partial charge in [0.25, 0.3) is 5.91 Å². The first-order chi connectivity index (χ1) is 9.74. The average Bonchev–Trinajstić information content (AvgIpc) is 2.77. The number of nitrogens with one attached hydrogen (secondary N) is 1. The van der Waals surface area contributed by atoms with Crippen LogP contribution in [-0.2, 0) is 4.79 Å². The maximum Gasteiger partial charge on any atom is 0.276 e. The Morgan fingerprint density at radius 1 is 1.05 bits per heavy atom. The first-order valence-electron chi connectivity index (χ1n) is 6.32. The number of nitrogens with zero attached hydrogens (tertiary/aromatic N) is 2. The van der Waals surface area contributed by atoms with Crippen LogP contribution in [-0.4, -0.2) is 17.8 Å². The van der Waals surface area contributed by atoms with Crippen molar-refractivity contribution >= 4 is 23.5 Å². The summed E-state index contributed by atoms with van der Waals surface area (Å²) in [5.74, 6) is -0.216. The predicted octanol–water partition coefficient (Wildman–Crippen LogP) is 2.77. The van der Waals surface area contributed by atoms with Crippen LogP contribution in [0.15, 0.2) is 58.7 Å². The number of hydrogen-bond acceptors (Lipinski definition) is 3. The maximum absolute atomic E-state index is 11.8. The van der Waals surface area contributed by atoms with Crippen LogP contribution in [0.25, 0.3) is 0 Å². The van der Waals surface area contributed by atoms with Crippen molar-refractivity contribution in [2.24, 2.45) is 10.2 Å². The lowest BCUT2D eigenvalue weighted by molar-refractivity contribution is -0.110. The van der Waals surface area contributed by atoms with Crippen LogP contribution in [0.2, 0.25) is 0 Å². The van der Waals surface area contributed by atoms with Gasteiger partial charge in [-0.05, 0) is 18.6 Å². The van der Waals surface area contributed by atoms with Gasteiger partial charge in [0.15, 0.2) is 5.71 Å². The van der Waals surface area contributed by atoms with Gasteiger partial charge in [-0.1, -0.05) is 48.0 Å². The fourth-order valence-corrected chi connectivity index (χ4v) is 2.01. The van der Waals surface area contributed by atoms with E-state index in [2.05, 4.69) is 15.5 Å². The number of aryl methyl sites for hydroxylation is 1. The lowest BCUT2D eigenvalue weighted by atomic mass is 10.1. The van der Waals surface area contributed by atoms with Gasteiger partial charge in [-0.15, -0.1) is 5.10 Å². The van der Waals surface area contributed by atoms with E-state index in [0.29, 0.717) is 5.71 Å². The molecule has 1 amide bonds. The van der Waals surface area contributed by atoms with Crippen molar-refractivity contribution in [2.75, 3.05) is 5.32 Å². The lowest BCUT2D eigenvalue weighted by Crippen LogP contribution is -2.13. The number of amides is 1. The summed E-state index contributed by atoms with van der Waals surface area (Å²) in [5.41, 5.74) is 4.06. The highest BCUT2D eigenvalue weighted by Crippen LogP contribution is 2.22. The second-order valence-electron chi connectivity index (χ2n) is 4.60. The first-order valence-corrected chi connectivity index (χ1v) is 6.32. The van der Waals surface area contributed by atoms with Crippen molar-refractivity contribution in [3.05, 3.63) is 65.2 Å². The van der Waals surface area contributed by atoms with E-state index in [4.69, 9.17) is 0 Å². The van der Waals surface area contributed by atoms with E-state index in [1.807, 2.05) is 55.5 Å². The zero-order chi connectivity index (χ0) is 13.9. The molecule has 0 spiro atoms. The number of hydrogen-bond donors (Lipinski definition) is 1. The average molecular weight is 263 g/mol. The molecule has 4 nitrogen and oxygen atoms in total. The number of para-hydroxylation sites is 1. The smallest absolute Gasteiger partial charge is 0.276 e. The Kier molecular flexibility index (Phi) is 3.13. The van der Waals surface area contributed by atoms with Gasteiger partial charge in [0.2, 0.25) is 0 Å². The van der Waals surface area contributed by atoms with Gasteiger partial charge in [-0.2, -0.15) is 5.10 Å². The third-order valence-corrected chi connectivity index (χ3v) is 3.09. The first kappa shape index (κ1) is 12.3. The second kappa shape index (κ2) is 5.09. The SMILES string of the molecule is Cc1ccc(/C=N/N=C2\C(=O)Nc3ccccc32)cc1. The van der Waals surface area contributed by atoms with E-state index in [1.165, 1.54) is 5.56 Å². The molecule has 2 aromatic carbocycles. The summed E-state index contributed by atoms with van der Waals surface area (Å²) < 4.78 is 0. The van der Waals surface area contributed by atoms with Gasteiger partial charge in [-0.3, -0.25) is 4.79 Å². The number of fused-ring (bicyclic) bond motifs is 1. The molecule has 2 aromatic rings. The van der Waals surface area contributed by atoms with Gasteiger partial charge < -0.3 is 5.32 Å². The van der Waals surface area contributed by atoms with Gasteiger partial charge in [0.05, 0.1) is 11.9 Å². The molecule has 3 rings (SSSR count). The maximum atomic E-state index is 11.8. The molecular formula is C16H13N3O.